The maximum Gasteiger partial charge on any atom is 0.254 e. The molecule has 0 spiro atoms. The number of hydrogen-bond acceptors (Lipinski definition) is 4. The Balaban J connectivity index is 1.73. The second-order valence-electron chi connectivity index (χ2n) is 7.25. The minimum absolute atomic E-state index is 0.113. The number of ether oxygens (including phenoxy) is 1. The molecule has 29 heavy (non-hydrogen) atoms. The molecule has 0 saturated carbocycles. The highest BCUT2D eigenvalue weighted by atomic mass is 32.1. The van der Waals surface area contributed by atoms with Gasteiger partial charge in [0.25, 0.3) is 5.91 Å². The van der Waals surface area contributed by atoms with Crippen molar-refractivity contribution in [2.75, 3.05) is 25.6 Å². The molecule has 1 aliphatic carbocycles. The van der Waals surface area contributed by atoms with Crippen LogP contribution in [0.15, 0.2) is 30.3 Å². The predicted octanol–water partition coefficient (Wildman–Crippen LogP) is 4.35. The van der Waals surface area contributed by atoms with Crippen molar-refractivity contribution in [3.8, 4) is 0 Å². The van der Waals surface area contributed by atoms with Crippen molar-refractivity contribution in [1.82, 2.24) is 5.32 Å². The SMILES string of the molecule is COCCCNC(=O)c1c(NC(=O)/C=C/c2ccc(C)cc2)sc2c1CCCC2. The molecule has 0 fully saturated rings. The minimum atomic E-state index is -0.224. The van der Waals surface area contributed by atoms with E-state index in [0.717, 1.165) is 43.2 Å². The van der Waals surface area contributed by atoms with Crippen LogP contribution in [0.2, 0.25) is 0 Å². The Labute approximate surface area is 176 Å². The van der Waals surface area contributed by atoms with E-state index in [4.69, 9.17) is 4.74 Å². The Morgan fingerprint density at radius 2 is 1.93 bits per heavy atom. The molecule has 5 nitrogen and oxygen atoms in total. The third kappa shape index (κ3) is 5.78. The second kappa shape index (κ2) is 10.4. The largest absolute Gasteiger partial charge is 0.385 e. The van der Waals surface area contributed by atoms with Crippen LogP contribution in [-0.4, -0.2) is 32.1 Å². The molecule has 1 aromatic carbocycles. The van der Waals surface area contributed by atoms with Crippen LogP contribution in [0.5, 0.6) is 0 Å². The number of aryl methyl sites for hydroxylation is 2. The number of hydrogen-bond donors (Lipinski definition) is 2. The van der Waals surface area contributed by atoms with E-state index < -0.39 is 0 Å². The predicted molar refractivity (Wildman–Crippen MR) is 119 cm³/mol. The number of methoxy groups -OCH3 is 1. The summed E-state index contributed by atoms with van der Waals surface area (Å²) in [5.74, 6) is -0.337. The molecule has 1 aliphatic rings. The Kier molecular flexibility index (Phi) is 7.61. The highest BCUT2D eigenvalue weighted by molar-refractivity contribution is 7.17. The van der Waals surface area contributed by atoms with E-state index in [1.807, 2.05) is 31.2 Å². The van der Waals surface area contributed by atoms with Crippen LogP contribution in [0.25, 0.3) is 6.08 Å². The second-order valence-corrected chi connectivity index (χ2v) is 8.36. The van der Waals surface area contributed by atoms with Gasteiger partial charge in [0.1, 0.15) is 5.00 Å². The van der Waals surface area contributed by atoms with Crippen molar-refractivity contribution >= 4 is 34.2 Å². The number of thiophene rings is 1. The first kappa shape index (κ1) is 21.3. The summed E-state index contributed by atoms with van der Waals surface area (Å²) in [5.41, 5.74) is 3.88. The van der Waals surface area contributed by atoms with Crippen LogP contribution in [-0.2, 0) is 22.4 Å². The first-order chi connectivity index (χ1) is 14.1. The number of fused-ring (bicyclic) bond motifs is 1. The smallest absolute Gasteiger partial charge is 0.254 e. The summed E-state index contributed by atoms with van der Waals surface area (Å²) in [5, 5.41) is 6.56. The number of rotatable bonds is 8. The zero-order chi connectivity index (χ0) is 20.6. The van der Waals surface area contributed by atoms with Crippen molar-refractivity contribution in [2.24, 2.45) is 0 Å². The van der Waals surface area contributed by atoms with Crippen LogP contribution in [0, 0.1) is 6.92 Å². The van der Waals surface area contributed by atoms with Crippen LogP contribution in [0.3, 0.4) is 0 Å². The Morgan fingerprint density at radius 1 is 1.17 bits per heavy atom. The maximum absolute atomic E-state index is 12.8. The normalized spacial score (nSPS) is 13.3. The summed E-state index contributed by atoms with van der Waals surface area (Å²) >= 11 is 1.53. The Hall–Kier alpha value is -2.44. The molecule has 154 valence electrons. The van der Waals surface area contributed by atoms with Gasteiger partial charge in [0.2, 0.25) is 5.91 Å². The first-order valence-corrected chi connectivity index (χ1v) is 10.9. The number of amides is 2. The van der Waals surface area contributed by atoms with Gasteiger partial charge in [0, 0.05) is 31.2 Å². The van der Waals surface area contributed by atoms with E-state index in [-0.39, 0.29) is 11.8 Å². The van der Waals surface area contributed by atoms with Crippen LogP contribution in [0.1, 0.15) is 51.2 Å². The molecular formula is C23H28N2O3S. The molecular weight excluding hydrogens is 384 g/mol. The van der Waals surface area contributed by atoms with Crippen LogP contribution in [0.4, 0.5) is 5.00 Å². The summed E-state index contributed by atoms with van der Waals surface area (Å²) in [6.45, 7) is 3.19. The van der Waals surface area contributed by atoms with E-state index in [2.05, 4.69) is 10.6 Å². The first-order valence-electron chi connectivity index (χ1n) is 10.1. The molecule has 3 rings (SSSR count). The van der Waals surface area contributed by atoms with Gasteiger partial charge < -0.3 is 15.4 Å². The summed E-state index contributed by atoms with van der Waals surface area (Å²) < 4.78 is 5.04. The minimum Gasteiger partial charge on any atom is -0.385 e. The van der Waals surface area contributed by atoms with E-state index in [1.54, 1.807) is 13.2 Å². The number of anilines is 1. The molecule has 1 aromatic heterocycles. The van der Waals surface area contributed by atoms with Gasteiger partial charge in [0.05, 0.1) is 5.56 Å². The maximum atomic E-state index is 12.8. The molecule has 0 bridgehead atoms. The summed E-state index contributed by atoms with van der Waals surface area (Å²) in [6.07, 6.45) is 8.13. The number of carbonyl (C=O) groups is 2. The average Bonchev–Trinajstić information content (AvgIpc) is 3.08. The molecule has 6 heteroatoms. The number of benzene rings is 1. The lowest BCUT2D eigenvalue weighted by Gasteiger charge is -2.13. The molecule has 0 unspecified atom stereocenters. The van der Waals surface area contributed by atoms with Gasteiger partial charge in [-0.15, -0.1) is 11.3 Å². The zero-order valence-corrected chi connectivity index (χ0v) is 17.9. The molecule has 0 aliphatic heterocycles. The van der Waals surface area contributed by atoms with Crippen molar-refractivity contribution in [3.63, 3.8) is 0 Å². The third-order valence-corrected chi connectivity index (χ3v) is 6.16. The van der Waals surface area contributed by atoms with E-state index in [1.165, 1.54) is 27.9 Å². The van der Waals surface area contributed by atoms with Gasteiger partial charge in [-0.1, -0.05) is 29.8 Å². The number of carbonyl (C=O) groups excluding carboxylic acids is 2. The molecule has 0 atom stereocenters. The molecule has 2 N–H and O–H groups in total. The monoisotopic (exact) mass is 412 g/mol. The number of nitrogens with one attached hydrogen (secondary N) is 2. The highest BCUT2D eigenvalue weighted by Crippen LogP contribution is 2.38. The lowest BCUT2D eigenvalue weighted by molar-refractivity contribution is -0.111. The summed E-state index contributed by atoms with van der Waals surface area (Å²) in [7, 11) is 1.65. The third-order valence-electron chi connectivity index (χ3n) is 4.95. The van der Waals surface area contributed by atoms with Gasteiger partial charge in [0.15, 0.2) is 0 Å². The fraction of sp³-hybridized carbons (Fsp3) is 0.391. The topological polar surface area (TPSA) is 67.4 Å². The van der Waals surface area contributed by atoms with Crippen molar-refractivity contribution in [1.29, 1.82) is 0 Å². The van der Waals surface area contributed by atoms with E-state index in [9.17, 15) is 9.59 Å². The molecule has 0 radical (unpaired) electrons. The molecule has 1 heterocycles. The average molecular weight is 413 g/mol. The van der Waals surface area contributed by atoms with E-state index in [0.29, 0.717) is 23.7 Å². The lowest BCUT2D eigenvalue weighted by atomic mass is 9.95. The summed E-state index contributed by atoms with van der Waals surface area (Å²) in [4.78, 5) is 26.6. The van der Waals surface area contributed by atoms with Gasteiger partial charge in [-0.2, -0.15) is 0 Å². The van der Waals surface area contributed by atoms with Gasteiger partial charge in [-0.05, 0) is 56.2 Å². The van der Waals surface area contributed by atoms with Gasteiger partial charge in [-0.3, -0.25) is 9.59 Å². The van der Waals surface area contributed by atoms with Crippen LogP contribution < -0.4 is 10.6 Å². The Bertz CT molecular complexity index is 884. The van der Waals surface area contributed by atoms with Gasteiger partial charge >= 0.3 is 0 Å². The fourth-order valence-electron chi connectivity index (χ4n) is 3.40. The Morgan fingerprint density at radius 3 is 2.69 bits per heavy atom. The van der Waals surface area contributed by atoms with Crippen molar-refractivity contribution in [2.45, 2.75) is 39.0 Å². The van der Waals surface area contributed by atoms with Gasteiger partial charge in [-0.25, -0.2) is 0 Å². The highest BCUT2D eigenvalue weighted by Gasteiger charge is 2.25. The van der Waals surface area contributed by atoms with Crippen molar-refractivity contribution in [3.05, 3.63) is 57.5 Å². The summed E-state index contributed by atoms with van der Waals surface area (Å²) in [6, 6.07) is 7.97. The van der Waals surface area contributed by atoms with Crippen LogP contribution >= 0.6 is 11.3 Å². The molecule has 0 saturated heterocycles. The molecule has 2 aromatic rings. The quantitative estimate of drug-likeness (QED) is 0.500. The fourth-order valence-corrected chi connectivity index (χ4v) is 4.69. The van der Waals surface area contributed by atoms with Crippen molar-refractivity contribution < 1.29 is 14.3 Å². The van der Waals surface area contributed by atoms with E-state index >= 15 is 0 Å². The molecule has 2 amide bonds. The standard InChI is InChI=1S/C23H28N2O3S/c1-16-8-10-17(11-9-16)12-13-20(26)25-23-21(22(27)24-14-5-15-28-2)18-6-3-4-7-19(18)29-23/h8-13H,3-7,14-15H2,1-2H3,(H,24,27)(H,25,26)/b13-12+. The zero-order valence-electron chi connectivity index (χ0n) is 17.0. The lowest BCUT2D eigenvalue weighted by Crippen LogP contribution is -2.27.